The summed E-state index contributed by atoms with van der Waals surface area (Å²) in [6, 6.07) is -0.233. The molecule has 1 aliphatic rings. The maximum atomic E-state index is 11.2. The second kappa shape index (κ2) is 6.17. The molecular formula is C6H12AlAmN4O2-. The molecule has 0 aromatic rings. The first-order chi connectivity index (χ1) is 6.15. The Morgan fingerprint density at radius 3 is 2.79 bits per heavy atom. The molecule has 0 aromatic heterocycles. The van der Waals surface area contributed by atoms with Crippen molar-refractivity contribution in [1.82, 2.24) is 14.6 Å². The second-order valence-corrected chi connectivity index (χ2v) is 3.44. The van der Waals surface area contributed by atoms with Gasteiger partial charge in [-0.3, -0.25) is 9.59 Å². The van der Waals surface area contributed by atoms with Crippen LogP contribution in [0.2, 0.25) is 0 Å². The fraction of sp³-hybridized carbons (Fsp3) is 0.667. The van der Waals surface area contributed by atoms with Crippen LogP contribution in [0.25, 0.3) is 5.84 Å². The van der Waals surface area contributed by atoms with Crippen LogP contribution in [0.1, 0.15) is 6.42 Å². The third kappa shape index (κ3) is 3.41. The van der Waals surface area contributed by atoms with Gasteiger partial charge in [0.1, 0.15) is 0 Å². The summed E-state index contributed by atoms with van der Waals surface area (Å²) in [6.45, 7) is 0.802. The maximum Gasteiger partial charge on any atom is 0.366 e. The van der Waals surface area contributed by atoms with Gasteiger partial charge >= 0.3 is 16.5 Å². The number of hydrogen-bond donors (Lipinski definition) is 2. The van der Waals surface area contributed by atoms with E-state index in [0.717, 1.165) is 5.01 Å². The summed E-state index contributed by atoms with van der Waals surface area (Å²) in [5, 5.41) is 3.53. The summed E-state index contributed by atoms with van der Waals surface area (Å²) in [5.41, 5.74) is 0. The molecule has 8 heteroatoms. The van der Waals surface area contributed by atoms with E-state index in [1.165, 1.54) is 0 Å². The molecule has 0 aromatic carbocycles. The smallest absolute Gasteiger partial charge is 0.366 e. The Hall–Kier alpha value is -0.378. The molecule has 0 aliphatic carbocycles. The quantitative estimate of drug-likeness (QED) is 0.519. The number of nitrogens with zero attached hydrogens (tertiary/aromatic N) is 1. The predicted molar refractivity (Wildman–Crippen MR) is 49.2 cm³/mol. The number of carbonyl (C=O) groups excluding carboxylic acids is 2. The minimum Gasteiger partial charge on any atom is -0.581 e. The van der Waals surface area contributed by atoms with Gasteiger partial charge in [-0.1, -0.05) is 0 Å². The summed E-state index contributed by atoms with van der Waals surface area (Å²) in [6.07, 6.45) is 0.657. The molecule has 1 heterocycles. The standard InChI is InChI=1S/C6H11N4O2.Al.Am.2H/c7-6(12)9-3-4-1-2-10(8)5(4)11;;;;/h4,8H,1-3H2,(H3,7,9,12);;;;/q-1;+1;;;/p-1. The van der Waals surface area contributed by atoms with Gasteiger partial charge in [0.05, 0.1) is 5.92 Å². The number of carbonyl (C=O) groups is 2. The Morgan fingerprint density at radius 1 is 1.71 bits per heavy atom. The van der Waals surface area contributed by atoms with Crippen molar-refractivity contribution in [2.45, 2.75) is 6.42 Å². The van der Waals surface area contributed by atoms with E-state index in [9.17, 15) is 9.59 Å². The third-order valence-corrected chi connectivity index (χ3v) is 2.51. The van der Waals surface area contributed by atoms with Gasteiger partial charge in [-0.05, 0) is 6.42 Å². The van der Waals surface area contributed by atoms with E-state index in [1.807, 2.05) is 0 Å². The monoisotopic (exact) mass is 440 g/mol. The van der Waals surface area contributed by atoms with Crippen LogP contribution in [-0.2, 0) is 4.79 Å². The van der Waals surface area contributed by atoms with E-state index in [4.69, 9.17) is 5.84 Å². The Balaban J connectivity index is 0.00000169. The van der Waals surface area contributed by atoms with Gasteiger partial charge in [-0.15, -0.1) is 0 Å². The van der Waals surface area contributed by atoms with Crippen LogP contribution in [0.4, 0.5) is 4.79 Å². The van der Waals surface area contributed by atoms with Crippen molar-refractivity contribution in [2.24, 2.45) is 5.92 Å². The average Bonchev–Trinajstić information content (AvgIpc) is 2.44. The van der Waals surface area contributed by atoms with Crippen LogP contribution in [0.3, 0.4) is 0 Å². The normalized spacial score (nSPS) is 20.2. The van der Waals surface area contributed by atoms with Crippen molar-refractivity contribution < 1.29 is 23.9 Å². The van der Waals surface area contributed by atoms with Crippen LogP contribution >= 0.6 is 0 Å². The SMILES string of the molecule is [Am].[NH-]N1CCC(CNC(=O)[NH][AlH2])C1=O. The average molecular weight is 442 g/mol. The molecule has 6 nitrogen and oxygen atoms in total. The van der Waals surface area contributed by atoms with E-state index in [1.54, 1.807) is 0 Å². The Bertz CT molecular complexity index is 228. The summed E-state index contributed by atoms with van der Waals surface area (Å²) in [4.78, 5) is 22.0. The van der Waals surface area contributed by atoms with Crippen LogP contribution < -0.4 is 9.62 Å². The third-order valence-electron chi connectivity index (χ3n) is 2.05. The van der Waals surface area contributed by atoms with Crippen molar-refractivity contribution >= 4 is 28.4 Å². The molecule has 1 fully saturated rings. The molecule has 1 saturated heterocycles. The second-order valence-electron chi connectivity index (χ2n) is 2.94. The van der Waals surface area contributed by atoms with Gasteiger partial charge in [-0.25, -0.2) is 0 Å². The largest absolute Gasteiger partial charge is 0.581 e. The summed E-state index contributed by atoms with van der Waals surface area (Å²) >= 11 is 0.598. The molecule has 14 heavy (non-hydrogen) atoms. The Kier molecular flexibility index (Phi) is 6.00. The van der Waals surface area contributed by atoms with Gasteiger partial charge in [0.15, 0.2) is 0 Å². The molecular weight excluding hydrogens is 430 g/mol. The van der Waals surface area contributed by atoms with Crippen molar-refractivity contribution in [2.75, 3.05) is 13.1 Å². The van der Waals surface area contributed by atoms with Crippen molar-refractivity contribution in [3.8, 4) is 0 Å². The molecule has 0 spiro atoms. The van der Waals surface area contributed by atoms with Gasteiger partial charge in [-0.2, -0.15) is 0 Å². The Labute approximate surface area is 98.4 Å². The molecule has 1 atom stereocenters. The number of rotatable bonds is 2. The number of hydrogen-bond acceptors (Lipinski definition) is 2. The van der Waals surface area contributed by atoms with Gasteiger partial charge in [0.2, 0.25) is 5.91 Å². The van der Waals surface area contributed by atoms with E-state index < -0.39 is 0 Å². The van der Waals surface area contributed by atoms with Crippen LogP contribution in [0.15, 0.2) is 0 Å². The van der Waals surface area contributed by atoms with E-state index in [0.29, 0.717) is 36.0 Å². The molecule has 0 bridgehead atoms. The van der Waals surface area contributed by atoms with Gasteiger partial charge in [0.25, 0.3) is 6.03 Å². The minimum absolute atomic E-state index is 0. The first-order valence-corrected chi connectivity index (χ1v) is 5.13. The fourth-order valence-electron chi connectivity index (χ4n) is 1.23. The first-order valence-electron chi connectivity index (χ1n) is 4.13. The Morgan fingerprint density at radius 2 is 2.36 bits per heavy atom. The molecule has 79 valence electrons. The fourth-order valence-corrected chi connectivity index (χ4v) is 1.41. The molecule has 0 saturated carbocycles. The summed E-state index contributed by atoms with van der Waals surface area (Å²) < 4.78 is 2.53. The molecule has 1 unspecified atom stereocenters. The zero-order chi connectivity index (χ0) is 9.84. The van der Waals surface area contributed by atoms with Crippen LogP contribution in [0.5, 0.6) is 0 Å². The van der Waals surface area contributed by atoms with Gasteiger partial charge < -0.3 is 20.5 Å². The number of amides is 3. The zero-order valence-electron chi connectivity index (χ0n) is 7.84. The maximum absolute atomic E-state index is 11.2. The van der Waals surface area contributed by atoms with Crippen molar-refractivity contribution in [3.05, 3.63) is 5.84 Å². The predicted octanol–water partition coefficient (Wildman–Crippen LogP) is -1.35. The molecule has 3 N–H and O–H groups in total. The topological polar surface area (TPSA) is 85.2 Å². The molecule has 3 amide bonds. The zero-order valence-corrected chi connectivity index (χ0v) is 13.0. The minimum atomic E-state index is -0.233. The van der Waals surface area contributed by atoms with Crippen LogP contribution in [0, 0.1) is 20.2 Å². The number of urea groups is 1. The number of nitrogens with one attached hydrogen (secondary N) is 3. The first kappa shape index (κ1) is 13.6. The molecule has 1 rings (SSSR count). The van der Waals surface area contributed by atoms with Crippen LogP contribution in [-0.4, -0.2) is 46.5 Å². The molecule has 1 radical (unpaired) electrons. The van der Waals surface area contributed by atoms with E-state index in [-0.39, 0.29) is 32.1 Å². The van der Waals surface area contributed by atoms with Crippen molar-refractivity contribution in [1.29, 1.82) is 0 Å². The van der Waals surface area contributed by atoms with E-state index >= 15 is 0 Å². The molecule has 1 aliphatic heterocycles. The van der Waals surface area contributed by atoms with Crippen molar-refractivity contribution in [3.63, 3.8) is 0 Å². The summed E-state index contributed by atoms with van der Waals surface area (Å²) in [5.74, 6) is 6.75. The summed E-state index contributed by atoms with van der Waals surface area (Å²) in [7, 11) is 0. The van der Waals surface area contributed by atoms with E-state index in [2.05, 4.69) is 9.62 Å². The van der Waals surface area contributed by atoms with Gasteiger partial charge in [0, 0.05) is 27.4 Å².